The highest BCUT2D eigenvalue weighted by Gasteiger charge is 2.35. The maximum absolute atomic E-state index is 10.6. The van der Waals surface area contributed by atoms with Crippen molar-refractivity contribution < 1.29 is 18.9 Å². The Kier molecular flexibility index (Phi) is 5.59. The second-order valence-electron chi connectivity index (χ2n) is 2.51. The monoisotopic (exact) mass is 195 g/mol. The van der Waals surface area contributed by atoms with Crippen molar-refractivity contribution in [2.45, 2.75) is 26.6 Å². The summed E-state index contributed by atoms with van der Waals surface area (Å²) in [4.78, 5) is 8.69. The Morgan fingerprint density at radius 3 is 2.00 bits per heavy atom. The molecule has 0 aromatic carbocycles. The third kappa shape index (κ3) is 4.78. The molecular formula is C7H16O4P+. The van der Waals surface area contributed by atoms with Gasteiger partial charge in [-0.15, -0.1) is 0 Å². The third-order valence-corrected chi connectivity index (χ3v) is 2.17. The van der Waals surface area contributed by atoms with Gasteiger partial charge in [0.15, 0.2) is 0 Å². The molecule has 0 heterocycles. The summed E-state index contributed by atoms with van der Waals surface area (Å²) in [6.07, 6.45) is 0.0179. The van der Waals surface area contributed by atoms with Crippen molar-refractivity contribution in [3.8, 4) is 0 Å². The van der Waals surface area contributed by atoms with Gasteiger partial charge in [0, 0.05) is 13.2 Å². The summed E-state index contributed by atoms with van der Waals surface area (Å²) in [6.45, 7) is 6.26. The van der Waals surface area contributed by atoms with E-state index in [4.69, 9.17) is 14.4 Å². The van der Waals surface area contributed by atoms with Gasteiger partial charge in [0.1, 0.15) is 0 Å². The molecule has 1 N–H and O–H groups in total. The van der Waals surface area contributed by atoms with Crippen LogP contribution in [-0.4, -0.2) is 30.1 Å². The fraction of sp³-hybridized carbons (Fsp3) is 1.00. The molecule has 12 heavy (non-hydrogen) atoms. The van der Waals surface area contributed by atoms with Gasteiger partial charge in [0.2, 0.25) is 11.9 Å². The predicted octanol–water partition coefficient (Wildman–Crippen LogP) is 1.51. The second kappa shape index (κ2) is 5.60. The molecule has 0 fully saturated rings. The van der Waals surface area contributed by atoms with E-state index in [0.29, 0.717) is 13.2 Å². The summed E-state index contributed by atoms with van der Waals surface area (Å²) < 4.78 is 21.0. The molecule has 4 nitrogen and oxygen atoms in total. The van der Waals surface area contributed by atoms with Crippen molar-refractivity contribution in [2.24, 2.45) is 0 Å². The average Bonchev–Trinajstić information content (AvgIpc) is 1.85. The fourth-order valence-corrected chi connectivity index (χ4v) is 1.66. The number of hydrogen-bond donors (Lipinski definition) is 1. The van der Waals surface area contributed by atoms with Crippen molar-refractivity contribution in [3.63, 3.8) is 0 Å². The zero-order chi connectivity index (χ0) is 9.61. The molecule has 0 spiro atoms. The highest BCUT2D eigenvalue weighted by molar-refractivity contribution is 7.38. The van der Waals surface area contributed by atoms with Crippen LogP contribution in [0.15, 0.2) is 0 Å². The van der Waals surface area contributed by atoms with E-state index >= 15 is 0 Å². The van der Waals surface area contributed by atoms with Crippen LogP contribution in [0.5, 0.6) is 0 Å². The van der Waals surface area contributed by atoms with Crippen LogP contribution in [0, 0.1) is 0 Å². The van der Waals surface area contributed by atoms with Crippen LogP contribution in [0.4, 0.5) is 0 Å². The SMILES string of the molecule is CCOC(C)(C[P+](=O)O)OCC. The van der Waals surface area contributed by atoms with E-state index in [0.717, 1.165) is 0 Å². The van der Waals surface area contributed by atoms with Gasteiger partial charge in [0.05, 0.1) is 0 Å². The Balaban J connectivity index is 4.07. The molecule has 0 aliphatic rings. The van der Waals surface area contributed by atoms with Crippen molar-refractivity contribution in [1.29, 1.82) is 0 Å². The zero-order valence-electron chi connectivity index (χ0n) is 7.74. The average molecular weight is 195 g/mol. The van der Waals surface area contributed by atoms with E-state index < -0.39 is 13.8 Å². The molecule has 0 aliphatic carbocycles. The van der Waals surface area contributed by atoms with Crippen LogP contribution in [0.25, 0.3) is 0 Å². The largest absolute Gasteiger partial charge is 0.511 e. The molecular weight excluding hydrogens is 179 g/mol. The minimum atomic E-state index is -2.21. The quantitative estimate of drug-likeness (QED) is 0.515. The Morgan fingerprint density at radius 2 is 1.75 bits per heavy atom. The summed E-state index contributed by atoms with van der Waals surface area (Å²) in [5.74, 6) is -0.911. The Bertz CT molecular complexity index is 142. The van der Waals surface area contributed by atoms with Crippen LogP contribution >= 0.6 is 8.03 Å². The van der Waals surface area contributed by atoms with Gasteiger partial charge in [-0.1, -0.05) is 0 Å². The minimum absolute atomic E-state index is 0.0179. The van der Waals surface area contributed by atoms with E-state index in [1.165, 1.54) is 0 Å². The smallest absolute Gasteiger partial charge is 0.347 e. The van der Waals surface area contributed by atoms with E-state index in [2.05, 4.69) is 0 Å². The standard InChI is InChI=1S/C7H15O4P/c1-4-10-7(3,11-5-2)6-12(8)9/h4-6H2,1-3H3/p+1. The van der Waals surface area contributed by atoms with E-state index in [9.17, 15) is 4.57 Å². The lowest BCUT2D eigenvalue weighted by Crippen LogP contribution is -2.35. The van der Waals surface area contributed by atoms with Crippen molar-refractivity contribution in [2.75, 3.05) is 19.4 Å². The topological polar surface area (TPSA) is 55.8 Å². The predicted molar refractivity (Wildman–Crippen MR) is 46.3 cm³/mol. The van der Waals surface area contributed by atoms with E-state index in [1.54, 1.807) is 6.92 Å². The van der Waals surface area contributed by atoms with Gasteiger partial charge < -0.3 is 9.47 Å². The lowest BCUT2D eigenvalue weighted by atomic mass is 10.4. The highest BCUT2D eigenvalue weighted by Crippen LogP contribution is 2.25. The fourth-order valence-electron chi connectivity index (χ4n) is 0.989. The first-order valence-electron chi connectivity index (χ1n) is 3.95. The van der Waals surface area contributed by atoms with E-state index in [-0.39, 0.29) is 6.16 Å². The summed E-state index contributed by atoms with van der Waals surface area (Å²) in [5, 5.41) is 0. The lowest BCUT2D eigenvalue weighted by Gasteiger charge is -2.23. The Hall–Kier alpha value is -0.0200. The molecule has 0 aromatic heterocycles. The Labute approximate surface area is 73.7 Å². The number of hydrogen-bond acceptors (Lipinski definition) is 3. The molecule has 1 atom stereocenters. The van der Waals surface area contributed by atoms with Gasteiger partial charge in [0.25, 0.3) is 0 Å². The van der Waals surface area contributed by atoms with Crippen LogP contribution in [0.3, 0.4) is 0 Å². The second-order valence-corrected chi connectivity index (χ2v) is 3.53. The lowest BCUT2D eigenvalue weighted by molar-refractivity contribution is -0.205. The zero-order valence-corrected chi connectivity index (χ0v) is 8.63. The minimum Gasteiger partial charge on any atom is -0.347 e. The van der Waals surface area contributed by atoms with Gasteiger partial charge in [-0.05, 0) is 25.3 Å². The van der Waals surface area contributed by atoms with Gasteiger partial charge >= 0.3 is 8.03 Å². The summed E-state index contributed by atoms with van der Waals surface area (Å²) in [5.41, 5.74) is 0. The van der Waals surface area contributed by atoms with E-state index in [1.807, 2.05) is 13.8 Å². The van der Waals surface area contributed by atoms with Gasteiger partial charge in [-0.3, -0.25) is 0 Å². The van der Waals surface area contributed by atoms with Crippen LogP contribution in [0.2, 0.25) is 0 Å². The summed E-state index contributed by atoms with van der Waals surface area (Å²) in [6, 6.07) is 0. The van der Waals surface area contributed by atoms with Gasteiger partial charge in [-0.2, -0.15) is 4.89 Å². The maximum Gasteiger partial charge on any atom is 0.511 e. The number of rotatable bonds is 6. The first-order valence-corrected chi connectivity index (χ1v) is 5.35. The molecule has 0 saturated heterocycles. The van der Waals surface area contributed by atoms with Crippen LogP contribution in [0.1, 0.15) is 20.8 Å². The summed E-state index contributed by atoms with van der Waals surface area (Å²) >= 11 is 0. The molecule has 0 radical (unpaired) electrons. The third-order valence-electron chi connectivity index (χ3n) is 1.32. The van der Waals surface area contributed by atoms with Crippen molar-refractivity contribution in [3.05, 3.63) is 0 Å². The molecule has 0 aliphatic heterocycles. The Morgan fingerprint density at radius 1 is 1.33 bits per heavy atom. The molecule has 0 saturated carbocycles. The summed E-state index contributed by atoms with van der Waals surface area (Å²) in [7, 11) is -2.21. The van der Waals surface area contributed by atoms with Crippen LogP contribution in [-0.2, 0) is 14.0 Å². The highest BCUT2D eigenvalue weighted by atomic mass is 31.1. The molecule has 0 aromatic rings. The van der Waals surface area contributed by atoms with Crippen LogP contribution < -0.4 is 0 Å². The molecule has 72 valence electrons. The first-order chi connectivity index (χ1) is 5.54. The van der Waals surface area contributed by atoms with Crippen molar-refractivity contribution >= 4 is 8.03 Å². The molecule has 0 bridgehead atoms. The number of ether oxygens (including phenoxy) is 2. The molecule has 0 rings (SSSR count). The molecule has 0 amide bonds. The first kappa shape index (κ1) is 12.0. The molecule has 5 heteroatoms. The molecule has 1 unspecified atom stereocenters. The van der Waals surface area contributed by atoms with Gasteiger partial charge in [-0.25, -0.2) is 0 Å². The van der Waals surface area contributed by atoms with Crippen molar-refractivity contribution in [1.82, 2.24) is 0 Å². The maximum atomic E-state index is 10.6. The normalized spacial score (nSPS) is 13.2.